The van der Waals surface area contributed by atoms with Crippen molar-refractivity contribution in [1.82, 2.24) is 5.32 Å². The second kappa shape index (κ2) is 5.45. The van der Waals surface area contributed by atoms with E-state index in [-0.39, 0.29) is 0 Å². The summed E-state index contributed by atoms with van der Waals surface area (Å²) in [6.07, 6.45) is 2.16. The molecule has 2 heteroatoms. The van der Waals surface area contributed by atoms with Crippen LogP contribution in [0.4, 0.5) is 0 Å². The lowest BCUT2D eigenvalue weighted by molar-refractivity contribution is 0.414. The number of methoxy groups -OCH3 is 1. The highest BCUT2D eigenvalue weighted by Gasteiger charge is 2.19. The molecule has 0 aromatic heterocycles. The largest absolute Gasteiger partial charge is 0.497 e. The zero-order valence-corrected chi connectivity index (χ0v) is 11.2. The summed E-state index contributed by atoms with van der Waals surface area (Å²) >= 11 is 0. The zero-order valence-electron chi connectivity index (χ0n) is 11.2. The van der Waals surface area contributed by atoms with Crippen LogP contribution in [-0.2, 0) is 12.8 Å². The molecule has 2 nitrogen and oxygen atoms in total. The molecule has 0 unspecified atom stereocenters. The molecule has 0 amide bonds. The molecule has 2 aromatic rings. The number of hydrogen-bond donors (Lipinski definition) is 1. The smallest absolute Gasteiger partial charge is 0.118 e. The summed E-state index contributed by atoms with van der Waals surface area (Å²) in [6.45, 7) is 1.07. The fourth-order valence-electron chi connectivity index (χ4n) is 2.77. The van der Waals surface area contributed by atoms with Gasteiger partial charge >= 0.3 is 0 Å². The fourth-order valence-corrected chi connectivity index (χ4v) is 2.77. The summed E-state index contributed by atoms with van der Waals surface area (Å²) in [6, 6.07) is 17.6. The molecule has 19 heavy (non-hydrogen) atoms. The van der Waals surface area contributed by atoms with Gasteiger partial charge in [0.2, 0.25) is 0 Å². The van der Waals surface area contributed by atoms with Crippen molar-refractivity contribution in [3.63, 3.8) is 0 Å². The number of hydrogen-bond acceptors (Lipinski definition) is 2. The molecule has 2 aromatic carbocycles. The van der Waals surface area contributed by atoms with Gasteiger partial charge in [-0.1, -0.05) is 36.4 Å². The minimum Gasteiger partial charge on any atom is -0.497 e. The van der Waals surface area contributed by atoms with Gasteiger partial charge in [0.1, 0.15) is 5.75 Å². The first-order valence-corrected chi connectivity index (χ1v) is 6.81. The van der Waals surface area contributed by atoms with Gasteiger partial charge in [0.15, 0.2) is 0 Å². The van der Waals surface area contributed by atoms with Crippen LogP contribution < -0.4 is 10.1 Å². The van der Waals surface area contributed by atoms with Crippen molar-refractivity contribution in [3.05, 3.63) is 65.2 Å². The van der Waals surface area contributed by atoms with Gasteiger partial charge in [-0.15, -0.1) is 0 Å². The molecular formula is C17H19NO. The monoisotopic (exact) mass is 253 g/mol. The fraction of sp³-hybridized carbons (Fsp3) is 0.294. The SMILES string of the molecule is COc1ccc(C[C@@H]2NCCc3ccccc32)cc1. The molecule has 98 valence electrons. The summed E-state index contributed by atoms with van der Waals surface area (Å²) in [5.74, 6) is 0.917. The van der Waals surface area contributed by atoms with E-state index in [1.165, 1.54) is 16.7 Å². The molecule has 1 N–H and O–H groups in total. The molecule has 0 fully saturated rings. The molecule has 3 rings (SSSR count). The molecular weight excluding hydrogens is 234 g/mol. The lowest BCUT2D eigenvalue weighted by Gasteiger charge is -2.27. The standard InChI is InChI=1S/C17H19NO/c1-19-15-8-6-13(7-9-15)12-17-16-5-3-2-4-14(16)10-11-18-17/h2-9,17-18H,10-12H2,1H3/t17-/m0/s1. The molecule has 0 saturated carbocycles. The maximum absolute atomic E-state index is 5.20. The van der Waals surface area contributed by atoms with Crippen LogP contribution in [-0.4, -0.2) is 13.7 Å². The Labute approximate surface area is 114 Å². The van der Waals surface area contributed by atoms with Crippen LogP contribution in [0.2, 0.25) is 0 Å². The third-order valence-electron chi connectivity index (χ3n) is 3.81. The average Bonchev–Trinajstić information content (AvgIpc) is 2.48. The first kappa shape index (κ1) is 12.2. The first-order chi connectivity index (χ1) is 9.36. The molecule has 1 aliphatic rings. The van der Waals surface area contributed by atoms with E-state index in [9.17, 15) is 0 Å². The van der Waals surface area contributed by atoms with E-state index in [0.29, 0.717) is 6.04 Å². The van der Waals surface area contributed by atoms with Crippen molar-refractivity contribution >= 4 is 0 Å². The number of benzene rings is 2. The Bertz CT molecular complexity index is 547. The van der Waals surface area contributed by atoms with Gasteiger partial charge in [-0.3, -0.25) is 0 Å². The second-order valence-corrected chi connectivity index (χ2v) is 5.01. The van der Waals surface area contributed by atoms with Crippen LogP contribution in [0.5, 0.6) is 5.75 Å². The van der Waals surface area contributed by atoms with Gasteiger partial charge in [0, 0.05) is 6.04 Å². The van der Waals surface area contributed by atoms with Crippen LogP contribution in [0.25, 0.3) is 0 Å². The third-order valence-corrected chi connectivity index (χ3v) is 3.81. The summed E-state index contributed by atoms with van der Waals surface area (Å²) in [7, 11) is 1.70. The van der Waals surface area contributed by atoms with Gasteiger partial charge in [0.05, 0.1) is 7.11 Å². The minimum atomic E-state index is 0.429. The van der Waals surface area contributed by atoms with Crippen LogP contribution in [0.3, 0.4) is 0 Å². The normalized spacial score (nSPS) is 17.8. The van der Waals surface area contributed by atoms with E-state index in [0.717, 1.165) is 25.1 Å². The summed E-state index contributed by atoms with van der Waals surface area (Å²) in [5.41, 5.74) is 4.28. The van der Waals surface area contributed by atoms with E-state index >= 15 is 0 Å². The molecule has 0 saturated heterocycles. The molecule has 1 atom stereocenters. The maximum Gasteiger partial charge on any atom is 0.118 e. The van der Waals surface area contributed by atoms with Crippen molar-refractivity contribution in [1.29, 1.82) is 0 Å². The van der Waals surface area contributed by atoms with Crippen LogP contribution in [0.15, 0.2) is 48.5 Å². The van der Waals surface area contributed by atoms with Gasteiger partial charge in [-0.25, -0.2) is 0 Å². The molecule has 1 aliphatic heterocycles. The van der Waals surface area contributed by atoms with E-state index in [4.69, 9.17) is 4.74 Å². The Morgan fingerprint density at radius 1 is 1.11 bits per heavy atom. The van der Waals surface area contributed by atoms with Crippen molar-refractivity contribution < 1.29 is 4.74 Å². The van der Waals surface area contributed by atoms with Crippen molar-refractivity contribution in [2.75, 3.05) is 13.7 Å². The highest BCUT2D eigenvalue weighted by Crippen LogP contribution is 2.26. The summed E-state index contributed by atoms with van der Waals surface area (Å²) in [5, 5.41) is 3.62. The number of nitrogens with one attached hydrogen (secondary N) is 1. The Hall–Kier alpha value is -1.80. The van der Waals surface area contributed by atoms with E-state index in [2.05, 4.69) is 41.7 Å². The Kier molecular flexibility index (Phi) is 3.51. The van der Waals surface area contributed by atoms with E-state index in [1.54, 1.807) is 7.11 Å². The van der Waals surface area contributed by atoms with Crippen LogP contribution in [0, 0.1) is 0 Å². The molecule has 0 spiro atoms. The highest BCUT2D eigenvalue weighted by molar-refractivity contribution is 5.35. The van der Waals surface area contributed by atoms with Crippen LogP contribution >= 0.6 is 0 Å². The van der Waals surface area contributed by atoms with Crippen LogP contribution in [0.1, 0.15) is 22.7 Å². The van der Waals surface area contributed by atoms with E-state index in [1.807, 2.05) is 12.1 Å². The lowest BCUT2D eigenvalue weighted by Crippen LogP contribution is -2.31. The van der Waals surface area contributed by atoms with Gasteiger partial charge in [0.25, 0.3) is 0 Å². The van der Waals surface area contributed by atoms with Gasteiger partial charge in [-0.2, -0.15) is 0 Å². The quantitative estimate of drug-likeness (QED) is 0.907. The topological polar surface area (TPSA) is 21.3 Å². The lowest BCUT2D eigenvalue weighted by atomic mass is 9.90. The molecule has 0 radical (unpaired) electrons. The number of ether oxygens (including phenoxy) is 1. The first-order valence-electron chi connectivity index (χ1n) is 6.81. The Morgan fingerprint density at radius 3 is 2.68 bits per heavy atom. The third kappa shape index (κ3) is 2.64. The van der Waals surface area contributed by atoms with Crippen molar-refractivity contribution in [2.45, 2.75) is 18.9 Å². The van der Waals surface area contributed by atoms with Crippen molar-refractivity contribution in [3.8, 4) is 5.75 Å². The second-order valence-electron chi connectivity index (χ2n) is 5.01. The predicted octanol–water partition coefficient (Wildman–Crippen LogP) is 3.12. The minimum absolute atomic E-state index is 0.429. The predicted molar refractivity (Wildman–Crippen MR) is 77.6 cm³/mol. The Morgan fingerprint density at radius 2 is 1.89 bits per heavy atom. The number of fused-ring (bicyclic) bond motifs is 1. The summed E-state index contributed by atoms with van der Waals surface area (Å²) in [4.78, 5) is 0. The van der Waals surface area contributed by atoms with Crippen molar-refractivity contribution in [2.24, 2.45) is 0 Å². The molecule has 1 heterocycles. The van der Waals surface area contributed by atoms with E-state index < -0.39 is 0 Å². The summed E-state index contributed by atoms with van der Waals surface area (Å²) < 4.78 is 5.20. The Balaban J connectivity index is 1.80. The molecule has 0 bridgehead atoms. The maximum atomic E-state index is 5.20. The number of rotatable bonds is 3. The average molecular weight is 253 g/mol. The molecule has 0 aliphatic carbocycles. The van der Waals surface area contributed by atoms with Gasteiger partial charge in [-0.05, 0) is 48.2 Å². The highest BCUT2D eigenvalue weighted by atomic mass is 16.5. The van der Waals surface area contributed by atoms with Gasteiger partial charge < -0.3 is 10.1 Å². The zero-order chi connectivity index (χ0) is 13.1.